The van der Waals surface area contributed by atoms with Crippen LogP contribution in [0.25, 0.3) is 33.8 Å². The zero-order valence-corrected chi connectivity index (χ0v) is 16.9. The highest BCUT2D eigenvalue weighted by atomic mass is 35.7. The maximum atomic E-state index is 9.02. The van der Waals surface area contributed by atoms with Crippen LogP contribution < -0.4 is 18.6 Å². The first kappa shape index (κ1) is 22.1. The number of hydrogen-bond acceptors (Lipinski definition) is 5. The van der Waals surface area contributed by atoms with E-state index in [-0.39, 0.29) is 0 Å². The molecule has 0 spiro atoms. The Morgan fingerprint density at radius 1 is 0.581 bits per heavy atom. The summed E-state index contributed by atoms with van der Waals surface area (Å²) in [5, 5.41) is 9.02. The van der Waals surface area contributed by atoms with Crippen molar-refractivity contribution in [3.05, 3.63) is 103 Å². The Hall–Kier alpha value is -3.57. The first-order valence-electron chi connectivity index (χ1n) is 9.05. The second-order valence-electron chi connectivity index (χ2n) is 6.37. The SMILES string of the molecule is N#Cc1ccc(-c2cc(-c3ccccc3)[o+]c(-c3ccccc3)c2)cc1.[O-][Cl+3]([O-])([O-])[O-]. The minimum Gasteiger partial charge on any atom is -0.222 e. The van der Waals surface area contributed by atoms with E-state index >= 15 is 0 Å². The van der Waals surface area contributed by atoms with Gasteiger partial charge in [0.05, 0.1) is 34.9 Å². The molecular weight excluding hydrogens is 418 g/mol. The lowest BCUT2D eigenvalue weighted by Gasteiger charge is -2.17. The van der Waals surface area contributed by atoms with Gasteiger partial charge in [-0.1, -0.05) is 48.5 Å². The van der Waals surface area contributed by atoms with Crippen LogP contribution in [-0.4, -0.2) is 0 Å². The number of nitriles is 1. The fraction of sp³-hybridized carbons (Fsp3) is 0. The van der Waals surface area contributed by atoms with Gasteiger partial charge in [-0.2, -0.15) is 5.26 Å². The van der Waals surface area contributed by atoms with E-state index in [0.717, 1.165) is 33.8 Å². The second-order valence-corrected chi connectivity index (χ2v) is 7.13. The topological polar surface area (TPSA) is 127 Å². The maximum Gasteiger partial charge on any atom is 0.361 e. The molecule has 0 atom stereocenters. The first-order chi connectivity index (χ1) is 14.8. The Morgan fingerprint density at radius 3 is 1.39 bits per heavy atom. The minimum absolute atomic E-state index is 0.654. The first-order valence-corrected chi connectivity index (χ1v) is 10.3. The van der Waals surface area contributed by atoms with Gasteiger partial charge in [-0.15, -0.1) is 10.2 Å². The van der Waals surface area contributed by atoms with Gasteiger partial charge in [-0.3, -0.25) is 0 Å². The van der Waals surface area contributed by atoms with E-state index in [4.69, 9.17) is 28.3 Å². The highest BCUT2D eigenvalue weighted by Crippen LogP contribution is 2.32. The molecule has 0 aliphatic carbocycles. The van der Waals surface area contributed by atoms with E-state index in [2.05, 4.69) is 6.07 Å². The predicted octanol–water partition coefficient (Wildman–Crippen LogP) is 1.68. The van der Waals surface area contributed by atoms with Crippen LogP contribution in [0.2, 0.25) is 0 Å². The van der Waals surface area contributed by atoms with E-state index in [1.54, 1.807) is 0 Å². The molecule has 3 aromatic carbocycles. The molecule has 0 aliphatic heterocycles. The predicted molar refractivity (Wildman–Crippen MR) is 104 cm³/mol. The van der Waals surface area contributed by atoms with Gasteiger partial charge in [0, 0.05) is 5.56 Å². The largest absolute Gasteiger partial charge is 0.361 e. The number of hydrogen-bond donors (Lipinski definition) is 0. The van der Waals surface area contributed by atoms with Crippen molar-refractivity contribution in [1.82, 2.24) is 0 Å². The molecule has 0 N–H and O–H groups in total. The molecule has 0 unspecified atom stereocenters. The number of nitrogens with zero attached hydrogens (tertiary/aromatic N) is 1. The van der Waals surface area contributed by atoms with Gasteiger partial charge in [0.15, 0.2) is 0 Å². The monoisotopic (exact) mass is 433 g/mol. The lowest BCUT2D eigenvalue weighted by molar-refractivity contribution is -2.00. The molecule has 0 saturated heterocycles. The molecular formula is C24H16ClNO5. The molecule has 4 aromatic rings. The Bertz CT molecular complexity index is 1100. The molecule has 0 aliphatic rings. The molecule has 1 heterocycles. The molecule has 7 heteroatoms. The van der Waals surface area contributed by atoms with Crippen molar-refractivity contribution in [2.24, 2.45) is 0 Å². The summed E-state index contributed by atoms with van der Waals surface area (Å²) in [5.41, 5.74) is 4.81. The molecule has 0 saturated carbocycles. The van der Waals surface area contributed by atoms with Crippen LogP contribution >= 0.6 is 0 Å². The third kappa shape index (κ3) is 6.73. The zero-order chi connectivity index (χ0) is 22.3. The van der Waals surface area contributed by atoms with Crippen molar-refractivity contribution in [2.45, 2.75) is 0 Å². The van der Waals surface area contributed by atoms with Crippen LogP contribution in [0.15, 0.2) is 101 Å². The van der Waals surface area contributed by atoms with Gasteiger partial charge in [-0.25, -0.2) is 23.1 Å². The summed E-state index contributed by atoms with van der Waals surface area (Å²) in [7, 11) is -4.94. The van der Waals surface area contributed by atoms with Crippen LogP contribution in [0.5, 0.6) is 0 Å². The minimum atomic E-state index is -4.94. The molecule has 6 nitrogen and oxygen atoms in total. The van der Waals surface area contributed by atoms with Gasteiger partial charge in [-0.05, 0) is 42.0 Å². The van der Waals surface area contributed by atoms with Crippen LogP contribution in [0.4, 0.5) is 0 Å². The molecule has 0 amide bonds. The Kier molecular flexibility index (Phi) is 7.11. The summed E-state index contributed by atoms with van der Waals surface area (Å²) < 4.78 is 40.2. The Labute approximate surface area is 181 Å². The second kappa shape index (κ2) is 9.96. The average molecular weight is 434 g/mol. The maximum absolute atomic E-state index is 9.02. The van der Waals surface area contributed by atoms with Crippen LogP contribution in [-0.2, 0) is 0 Å². The zero-order valence-electron chi connectivity index (χ0n) is 16.1. The normalized spacial score (nSPS) is 10.5. The smallest absolute Gasteiger partial charge is 0.222 e. The van der Waals surface area contributed by atoms with Crippen molar-refractivity contribution in [3.8, 4) is 39.8 Å². The summed E-state index contributed by atoms with van der Waals surface area (Å²) in [4.78, 5) is 0. The van der Waals surface area contributed by atoms with Crippen molar-refractivity contribution in [1.29, 1.82) is 5.26 Å². The van der Waals surface area contributed by atoms with Gasteiger partial charge < -0.3 is 0 Å². The Morgan fingerprint density at radius 2 is 1.00 bits per heavy atom. The fourth-order valence-electron chi connectivity index (χ4n) is 2.89. The molecule has 1 aromatic heterocycles. The fourth-order valence-corrected chi connectivity index (χ4v) is 2.89. The third-order valence-electron chi connectivity index (χ3n) is 4.26. The van der Waals surface area contributed by atoms with Gasteiger partial charge >= 0.3 is 11.5 Å². The van der Waals surface area contributed by atoms with Gasteiger partial charge in [0.1, 0.15) is 0 Å². The van der Waals surface area contributed by atoms with E-state index in [9.17, 15) is 0 Å². The molecule has 0 bridgehead atoms. The molecule has 31 heavy (non-hydrogen) atoms. The molecule has 154 valence electrons. The molecule has 0 radical (unpaired) electrons. The van der Waals surface area contributed by atoms with Crippen LogP contribution in [0.3, 0.4) is 0 Å². The van der Waals surface area contributed by atoms with E-state index in [1.807, 2.05) is 97.1 Å². The van der Waals surface area contributed by atoms with Crippen molar-refractivity contribution >= 4 is 0 Å². The molecule has 0 fully saturated rings. The number of rotatable bonds is 3. The van der Waals surface area contributed by atoms with E-state index in [0.29, 0.717) is 5.56 Å². The van der Waals surface area contributed by atoms with E-state index < -0.39 is 10.2 Å². The van der Waals surface area contributed by atoms with Crippen molar-refractivity contribution < 1.29 is 33.3 Å². The average Bonchev–Trinajstić information content (AvgIpc) is 2.79. The quantitative estimate of drug-likeness (QED) is 0.452. The summed E-state index contributed by atoms with van der Waals surface area (Å²) >= 11 is 0. The third-order valence-corrected chi connectivity index (χ3v) is 4.26. The van der Waals surface area contributed by atoms with E-state index in [1.165, 1.54) is 0 Å². The highest BCUT2D eigenvalue weighted by Gasteiger charge is 2.20. The van der Waals surface area contributed by atoms with Gasteiger partial charge in [0.2, 0.25) is 0 Å². The summed E-state index contributed by atoms with van der Waals surface area (Å²) in [6, 6.07) is 34.0. The lowest BCUT2D eigenvalue weighted by Crippen LogP contribution is -2.68. The lowest BCUT2D eigenvalue weighted by atomic mass is 10.0. The van der Waals surface area contributed by atoms with Crippen LogP contribution in [0, 0.1) is 21.6 Å². The van der Waals surface area contributed by atoms with Gasteiger partial charge in [0.25, 0.3) is 0 Å². The standard InChI is InChI=1S/C24H16NO.ClHO4/c25-17-18-11-13-19(14-12-18)22-15-23(20-7-3-1-4-8-20)26-24(16-22)21-9-5-2-6-10-21;2-1(3,4)5/h1-16H;(H,2,3,4,5)/q+1;/p-1. The van der Waals surface area contributed by atoms with Crippen LogP contribution in [0.1, 0.15) is 5.56 Å². The van der Waals surface area contributed by atoms with Crippen molar-refractivity contribution in [3.63, 3.8) is 0 Å². The summed E-state index contributed by atoms with van der Waals surface area (Å²) in [5.74, 6) is 1.62. The Balaban J connectivity index is 0.000000491. The number of halogens is 1. The summed E-state index contributed by atoms with van der Waals surface area (Å²) in [6.45, 7) is 0. The summed E-state index contributed by atoms with van der Waals surface area (Å²) in [6.07, 6.45) is 0. The molecule has 4 rings (SSSR count). The van der Waals surface area contributed by atoms with Crippen molar-refractivity contribution in [2.75, 3.05) is 0 Å². The highest BCUT2D eigenvalue weighted by molar-refractivity contribution is 5.74. The number of benzene rings is 3.